The summed E-state index contributed by atoms with van der Waals surface area (Å²) in [5.74, 6) is -0.105. The van der Waals surface area contributed by atoms with E-state index in [9.17, 15) is 27.6 Å². The van der Waals surface area contributed by atoms with Gasteiger partial charge >= 0.3 is 5.51 Å². The third kappa shape index (κ3) is 5.78. The number of hydrogen-bond donors (Lipinski definition) is 0. The van der Waals surface area contributed by atoms with E-state index in [2.05, 4.69) is 6.58 Å². The number of aryl methyl sites for hydroxylation is 1. The van der Waals surface area contributed by atoms with E-state index in [0.29, 0.717) is 43.4 Å². The zero-order valence-corrected chi connectivity index (χ0v) is 19.3. The molecule has 0 bridgehead atoms. The highest BCUT2D eigenvalue weighted by molar-refractivity contribution is 8.00. The number of fused-ring (bicyclic) bond motifs is 1. The van der Waals surface area contributed by atoms with E-state index in [-0.39, 0.29) is 40.6 Å². The van der Waals surface area contributed by atoms with Crippen molar-refractivity contribution in [3.63, 3.8) is 0 Å². The van der Waals surface area contributed by atoms with Crippen molar-refractivity contribution in [1.82, 2.24) is 4.90 Å². The molecule has 1 unspecified atom stereocenters. The average Bonchev–Trinajstić information content (AvgIpc) is 3.08. The largest absolute Gasteiger partial charge is 0.446 e. The fraction of sp³-hybridized carbons (Fsp3) is 0.346. The van der Waals surface area contributed by atoms with Crippen LogP contribution in [0.5, 0.6) is 0 Å². The number of ketones is 2. The predicted molar refractivity (Wildman–Crippen MR) is 123 cm³/mol. The summed E-state index contributed by atoms with van der Waals surface area (Å²) in [6, 6.07) is 11.0. The third-order valence-electron chi connectivity index (χ3n) is 6.20. The van der Waals surface area contributed by atoms with Crippen LogP contribution in [0.15, 0.2) is 59.5 Å². The van der Waals surface area contributed by atoms with Gasteiger partial charge in [0.05, 0.1) is 6.04 Å². The Labute approximate surface area is 200 Å². The van der Waals surface area contributed by atoms with E-state index in [4.69, 9.17) is 0 Å². The van der Waals surface area contributed by atoms with E-state index < -0.39 is 11.6 Å². The van der Waals surface area contributed by atoms with Crippen molar-refractivity contribution in [2.45, 2.75) is 61.5 Å². The zero-order valence-electron chi connectivity index (χ0n) is 18.5. The Hall–Kier alpha value is -2.87. The summed E-state index contributed by atoms with van der Waals surface area (Å²) >= 11 is -0.180. The first-order chi connectivity index (χ1) is 16.1. The molecule has 0 N–H and O–H groups in total. The first kappa shape index (κ1) is 24.3. The maximum absolute atomic E-state index is 12.8. The van der Waals surface area contributed by atoms with Crippen molar-refractivity contribution in [3.05, 3.63) is 76.9 Å². The van der Waals surface area contributed by atoms with E-state index in [1.54, 1.807) is 23.1 Å². The summed E-state index contributed by atoms with van der Waals surface area (Å²) in [4.78, 5) is 39.4. The Bertz CT molecular complexity index is 1140. The van der Waals surface area contributed by atoms with Gasteiger partial charge in [0.1, 0.15) is 5.78 Å². The second kappa shape index (κ2) is 9.78. The maximum Gasteiger partial charge on any atom is 0.446 e. The lowest BCUT2D eigenvalue weighted by Crippen LogP contribution is -2.43. The number of hydrogen-bond acceptors (Lipinski definition) is 4. The van der Waals surface area contributed by atoms with Crippen LogP contribution in [0.4, 0.5) is 13.2 Å². The highest BCUT2D eigenvalue weighted by Gasteiger charge is 2.37. The van der Waals surface area contributed by atoms with Crippen molar-refractivity contribution < 1.29 is 27.6 Å². The zero-order chi connectivity index (χ0) is 24.5. The molecule has 0 radical (unpaired) electrons. The molecule has 8 heteroatoms. The van der Waals surface area contributed by atoms with Crippen molar-refractivity contribution >= 4 is 29.2 Å². The molecule has 2 aromatic rings. The van der Waals surface area contributed by atoms with E-state index >= 15 is 0 Å². The molecular weight excluding hydrogens is 463 g/mol. The molecule has 2 aliphatic rings. The van der Waals surface area contributed by atoms with Crippen LogP contribution in [0.3, 0.4) is 0 Å². The Morgan fingerprint density at radius 1 is 1.09 bits per heavy atom. The lowest BCUT2D eigenvalue weighted by atomic mass is 9.90. The Kier molecular flexibility index (Phi) is 6.98. The van der Waals surface area contributed by atoms with Gasteiger partial charge in [-0.2, -0.15) is 13.2 Å². The van der Waals surface area contributed by atoms with Crippen LogP contribution in [0.1, 0.15) is 52.7 Å². The average molecular weight is 488 g/mol. The van der Waals surface area contributed by atoms with Gasteiger partial charge in [0.15, 0.2) is 5.78 Å². The van der Waals surface area contributed by atoms with Crippen molar-refractivity contribution in [2.75, 3.05) is 0 Å². The van der Waals surface area contributed by atoms with E-state index in [1.165, 1.54) is 12.1 Å². The monoisotopic (exact) mass is 487 g/mol. The summed E-state index contributed by atoms with van der Waals surface area (Å²) in [6.45, 7) is 4.27. The van der Waals surface area contributed by atoms with Crippen LogP contribution in [0.2, 0.25) is 0 Å². The number of benzene rings is 2. The molecule has 34 heavy (non-hydrogen) atoms. The minimum atomic E-state index is -4.34. The van der Waals surface area contributed by atoms with E-state index in [0.717, 1.165) is 23.1 Å². The van der Waals surface area contributed by atoms with Crippen LogP contribution in [0.25, 0.3) is 0 Å². The molecule has 178 valence electrons. The van der Waals surface area contributed by atoms with Crippen molar-refractivity contribution in [1.29, 1.82) is 0 Å². The minimum absolute atomic E-state index is 0.0116. The molecule has 1 fully saturated rings. The fourth-order valence-corrected chi connectivity index (χ4v) is 5.04. The summed E-state index contributed by atoms with van der Waals surface area (Å²) < 4.78 is 37.3. The van der Waals surface area contributed by atoms with Gasteiger partial charge in [-0.15, -0.1) is 0 Å². The minimum Gasteiger partial charge on any atom is -0.324 e. The maximum atomic E-state index is 12.8. The number of nitrogens with zero attached hydrogens (tertiary/aromatic N) is 1. The lowest BCUT2D eigenvalue weighted by Gasteiger charge is -2.30. The van der Waals surface area contributed by atoms with Gasteiger partial charge in [-0.05, 0) is 65.9 Å². The Morgan fingerprint density at radius 2 is 1.79 bits per heavy atom. The van der Waals surface area contributed by atoms with Crippen LogP contribution in [0, 0.1) is 0 Å². The number of carbonyl (C=O) groups is 3. The lowest BCUT2D eigenvalue weighted by molar-refractivity contribution is -0.124. The number of Topliss-reactive ketones (excluding diaryl/α,β-unsaturated/α-hetero) is 2. The SMILES string of the molecule is C=C1CCC(N2Cc3cc(CCC(=O)Cc4ccc(SC(F)(F)F)cc4)ccc3C2=O)C(=O)C1. The molecule has 4 rings (SSSR count). The number of halogens is 3. The van der Waals surface area contributed by atoms with Gasteiger partial charge in [0, 0.05) is 36.3 Å². The number of allylic oxidation sites excluding steroid dienone is 1. The highest BCUT2D eigenvalue weighted by atomic mass is 32.2. The van der Waals surface area contributed by atoms with Crippen LogP contribution >= 0.6 is 11.8 Å². The first-order valence-corrected chi connectivity index (χ1v) is 11.9. The van der Waals surface area contributed by atoms with Gasteiger partial charge in [-0.3, -0.25) is 14.4 Å². The number of amides is 1. The quantitative estimate of drug-likeness (QED) is 0.373. The molecule has 0 aromatic heterocycles. The molecular formula is C26H24F3NO3S. The third-order valence-corrected chi connectivity index (χ3v) is 6.94. The smallest absolute Gasteiger partial charge is 0.324 e. The predicted octanol–water partition coefficient (Wildman–Crippen LogP) is 5.68. The van der Waals surface area contributed by atoms with Crippen LogP contribution in [-0.2, 0) is 29.0 Å². The Balaban J connectivity index is 1.32. The fourth-order valence-electron chi connectivity index (χ4n) is 4.50. The molecule has 4 nitrogen and oxygen atoms in total. The Morgan fingerprint density at radius 3 is 2.47 bits per heavy atom. The summed E-state index contributed by atoms with van der Waals surface area (Å²) in [5.41, 5.74) is -0.355. The molecule has 1 aliphatic heterocycles. The summed E-state index contributed by atoms with van der Waals surface area (Å²) in [5, 5.41) is 0. The second-order valence-corrected chi connectivity index (χ2v) is 9.92. The highest BCUT2D eigenvalue weighted by Crippen LogP contribution is 2.37. The topological polar surface area (TPSA) is 54.5 Å². The van der Waals surface area contributed by atoms with Gasteiger partial charge < -0.3 is 4.90 Å². The number of carbonyl (C=O) groups excluding carboxylic acids is 3. The molecule has 0 spiro atoms. The van der Waals surface area contributed by atoms with Crippen LogP contribution in [-0.4, -0.2) is 33.9 Å². The molecule has 1 saturated carbocycles. The van der Waals surface area contributed by atoms with Crippen molar-refractivity contribution in [3.8, 4) is 0 Å². The molecule has 1 atom stereocenters. The van der Waals surface area contributed by atoms with Gasteiger partial charge in [0.25, 0.3) is 5.91 Å². The summed E-state index contributed by atoms with van der Waals surface area (Å²) in [7, 11) is 0. The molecule has 1 aliphatic carbocycles. The molecule has 2 aromatic carbocycles. The standard InChI is InChI=1S/C26H24F3NO3S/c1-16-2-11-23(24(32)12-16)30-15-19-13-17(6-10-22(19)25(30)33)3-7-20(31)14-18-4-8-21(9-5-18)34-26(27,28)29/h4-6,8-10,13,23H,1-3,7,11-12,14-15H2. The first-order valence-electron chi connectivity index (χ1n) is 11.1. The van der Waals surface area contributed by atoms with Gasteiger partial charge in [-0.1, -0.05) is 36.4 Å². The summed E-state index contributed by atoms with van der Waals surface area (Å²) in [6.07, 6.45) is 2.62. The number of alkyl halides is 3. The molecule has 1 amide bonds. The normalized spacial score (nSPS) is 18.4. The molecule has 0 saturated heterocycles. The van der Waals surface area contributed by atoms with Gasteiger partial charge in [-0.25, -0.2) is 0 Å². The number of rotatable bonds is 7. The second-order valence-electron chi connectivity index (χ2n) is 8.78. The van der Waals surface area contributed by atoms with Gasteiger partial charge in [0.2, 0.25) is 0 Å². The van der Waals surface area contributed by atoms with Crippen molar-refractivity contribution in [2.24, 2.45) is 0 Å². The number of thioether (sulfide) groups is 1. The van der Waals surface area contributed by atoms with Crippen LogP contribution < -0.4 is 0 Å². The molecule has 1 heterocycles. The van der Waals surface area contributed by atoms with E-state index in [1.807, 2.05) is 12.1 Å².